The quantitative estimate of drug-likeness (QED) is 0.164. The number of anilines is 2. The molecule has 1 N–H and O–H groups in total. The van der Waals surface area contributed by atoms with Gasteiger partial charge in [-0.15, -0.1) is 31.7 Å². The topological polar surface area (TPSA) is 147 Å². The van der Waals surface area contributed by atoms with Crippen LogP contribution in [0, 0.1) is 37.5 Å². The second kappa shape index (κ2) is 16.3. The van der Waals surface area contributed by atoms with Crippen LogP contribution in [-0.4, -0.2) is 82.0 Å². The van der Waals surface area contributed by atoms with Crippen molar-refractivity contribution >= 4 is 34.5 Å². The second-order valence-corrected chi connectivity index (χ2v) is 18.1. The number of hydrogen-bond donors (Lipinski definition) is 1. The van der Waals surface area contributed by atoms with Crippen molar-refractivity contribution in [1.29, 1.82) is 5.26 Å². The average Bonchev–Trinajstić information content (AvgIpc) is 3.76. The van der Waals surface area contributed by atoms with Crippen molar-refractivity contribution in [1.82, 2.24) is 30.3 Å². The highest BCUT2D eigenvalue weighted by Gasteiger charge is 2.39. The van der Waals surface area contributed by atoms with Crippen LogP contribution in [0.15, 0.2) is 59.6 Å². The molecule has 1 aliphatic carbocycles. The van der Waals surface area contributed by atoms with Gasteiger partial charge < -0.3 is 24.6 Å². The number of methoxy groups -OCH3 is 1. The van der Waals surface area contributed by atoms with Crippen molar-refractivity contribution in [3.63, 3.8) is 0 Å². The number of nitriles is 1. The number of aryl methyl sites for hydroxylation is 2. The summed E-state index contributed by atoms with van der Waals surface area (Å²) in [7, 11) is 1.55. The maximum atomic E-state index is 13.2. The van der Waals surface area contributed by atoms with E-state index >= 15 is 0 Å². The van der Waals surface area contributed by atoms with E-state index in [0.29, 0.717) is 22.8 Å². The van der Waals surface area contributed by atoms with E-state index < -0.39 is 0 Å². The first-order valence-corrected chi connectivity index (χ1v) is 22.0. The molecule has 0 bridgehead atoms. The van der Waals surface area contributed by atoms with Gasteiger partial charge in [-0.05, 0) is 126 Å². The standard InChI is InChI=1S/C46H52N10O3S/c1-28-30(3)60-45-41(28)42(48-29(2)43-53-50-31(4)56(43)45)32-7-12-35(13-8-32)55-22-6-19-46(27-55)20-23-54(24-21-46)40-18-17-38(51-52-40)44(57)49-34-10-15-36(16-11-34)59-37-14-9-33(26-47)39(25-37)58-5/h7-9,12-14,17-18,25,29,34,36H,6,10-11,15-16,19-24,27H2,1-5H3,(H,49,57)/t29-,34?,36?/m0/s1. The van der Waals surface area contributed by atoms with Crippen molar-refractivity contribution < 1.29 is 14.3 Å². The number of benzene rings is 2. The van der Waals surface area contributed by atoms with Gasteiger partial charge in [-0.25, -0.2) is 0 Å². The molecule has 9 rings (SSSR count). The summed E-state index contributed by atoms with van der Waals surface area (Å²) in [5, 5.41) is 31.4. The van der Waals surface area contributed by atoms with Gasteiger partial charge >= 0.3 is 0 Å². The Balaban J connectivity index is 0.781. The molecule has 1 atom stereocenters. The van der Waals surface area contributed by atoms with Crippen LogP contribution in [0.4, 0.5) is 11.5 Å². The molecule has 0 unspecified atom stereocenters. The summed E-state index contributed by atoms with van der Waals surface area (Å²) in [4.78, 5) is 24.6. The molecular formula is C46H52N10O3S. The Hall–Kier alpha value is -5.81. The zero-order valence-corrected chi connectivity index (χ0v) is 35.9. The fourth-order valence-corrected chi connectivity index (χ4v) is 10.8. The Kier molecular flexibility index (Phi) is 10.8. The number of amides is 1. The number of fused-ring (bicyclic) bond motifs is 3. The Morgan fingerprint density at radius 1 is 0.917 bits per heavy atom. The molecule has 1 spiro atoms. The molecule has 4 aliphatic rings. The molecular weight excluding hydrogens is 773 g/mol. The molecule has 310 valence electrons. The summed E-state index contributed by atoms with van der Waals surface area (Å²) < 4.78 is 13.7. The summed E-state index contributed by atoms with van der Waals surface area (Å²) in [6.45, 7) is 12.4. The number of ether oxygens (including phenoxy) is 2. The molecule has 2 aromatic carbocycles. The molecule has 5 aromatic rings. The summed E-state index contributed by atoms with van der Waals surface area (Å²) in [6.07, 6.45) is 7.88. The minimum atomic E-state index is -0.193. The number of aliphatic imine (C=N–C) groups is 1. The van der Waals surface area contributed by atoms with Crippen LogP contribution < -0.4 is 24.6 Å². The highest BCUT2D eigenvalue weighted by Crippen LogP contribution is 2.43. The van der Waals surface area contributed by atoms with E-state index in [4.69, 9.17) is 14.5 Å². The van der Waals surface area contributed by atoms with Crippen LogP contribution in [0.25, 0.3) is 5.00 Å². The summed E-state index contributed by atoms with van der Waals surface area (Å²) >= 11 is 1.79. The van der Waals surface area contributed by atoms with Crippen LogP contribution in [0.2, 0.25) is 0 Å². The number of nitrogens with zero attached hydrogens (tertiary/aromatic N) is 9. The number of rotatable bonds is 8. The smallest absolute Gasteiger partial charge is 0.272 e. The van der Waals surface area contributed by atoms with Crippen molar-refractivity contribution in [2.45, 2.75) is 97.2 Å². The molecule has 2 saturated heterocycles. The van der Waals surface area contributed by atoms with Crippen molar-refractivity contribution in [2.24, 2.45) is 10.4 Å². The molecule has 1 saturated carbocycles. The van der Waals surface area contributed by atoms with Crippen LogP contribution in [0.3, 0.4) is 0 Å². The minimum absolute atomic E-state index is 0.0403. The minimum Gasteiger partial charge on any atom is -0.495 e. The molecule has 60 heavy (non-hydrogen) atoms. The van der Waals surface area contributed by atoms with Crippen LogP contribution in [-0.2, 0) is 0 Å². The molecule has 3 aromatic heterocycles. The number of carbonyl (C=O) groups excluding carboxylic acids is 1. The lowest BCUT2D eigenvalue weighted by molar-refractivity contribution is 0.0888. The molecule has 3 fully saturated rings. The predicted octanol–water partition coefficient (Wildman–Crippen LogP) is 7.84. The highest BCUT2D eigenvalue weighted by atomic mass is 32.1. The molecule has 0 radical (unpaired) electrons. The lowest BCUT2D eigenvalue weighted by Crippen LogP contribution is -2.50. The third-order valence-corrected chi connectivity index (χ3v) is 14.3. The normalized spacial score (nSPS) is 21.0. The SMILES string of the molecule is COc1cc(OC2CCC(NC(=O)c3ccc(N4CCC5(CCCN(c6ccc(C7=N[C@@H](C)c8nnc(C)n8-c8sc(C)c(C)c87)cc6)C5)CC4)nn3)CC2)ccc1C#N. The van der Waals surface area contributed by atoms with E-state index in [9.17, 15) is 10.1 Å². The number of piperidine rings is 2. The lowest BCUT2D eigenvalue weighted by Gasteiger charge is -2.48. The maximum Gasteiger partial charge on any atom is 0.272 e. The van der Waals surface area contributed by atoms with Gasteiger partial charge in [0.25, 0.3) is 5.91 Å². The van der Waals surface area contributed by atoms with E-state index in [1.54, 1.807) is 42.7 Å². The van der Waals surface area contributed by atoms with E-state index in [2.05, 4.69) is 91.2 Å². The number of thiophene rings is 1. The van der Waals surface area contributed by atoms with Crippen molar-refractivity contribution in [2.75, 3.05) is 43.1 Å². The molecule has 14 heteroatoms. The summed E-state index contributed by atoms with van der Waals surface area (Å²) in [5.41, 5.74) is 6.95. The third kappa shape index (κ3) is 7.59. The Bertz CT molecular complexity index is 2450. The predicted molar refractivity (Wildman–Crippen MR) is 233 cm³/mol. The first kappa shape index (κ1) is 39.6. The number of carbonyl (C=O) groups is 1. The average molecular weight is 825 g/mol. The van der Waals surface area contributed by atoms with E-state index in [1.807, 2.05) is 13.0 Å². The molecule has 6 heterocycles. The zero-order valence-electron chi connectivity index (χ0n) is 35.1. The number of nitrogens with one attached hydrogen (secondary N) is 1. The van der Waals surface area contributed by atoms with Gasteiger partial charge in [0, 0.05) is 60.0 Å². The highest BCUT2D eigenvalue weighted by molar-refractivity contribution is 7.15. The van der Waals surface area contributed by atoms with Crippen molar-refractivity contribution in [3.8, 4) is 22.6 Å². The van der Waals surface area contributed by atoms with Gasteiger partial charge in [0.15, 0.2) is 17.3 Å². The Labute approximate surface area is 355 Å². The Morgan fingerprint density at radius 2 is 1.70 bits per heavy atom. The van der Waals surface area contributed by atoms with Crippen LogP contribution in [0.1, 0.15) is 114 Å². The summed E-state index contributed by atoms with van der Waals surface area (Å²) in [5.74, 6) is 3.60. The third-order valence-electron chi connectivity index (χ3n) is 13.2. The molecule has 13 nitrogen and oxygen atoms in total. The van der Waals surface area contributed by atoms with E-state index in [1.165, 1.54) is 34.5 Å². The molecule has 1 amide bonds. The maximum absolute atomic E-state index is 13.2. The van der Waals surface area contributed by atoms with Crippen LogP contribution >= 0.6 is 11.3 Å². The largest absolute Gasteiger partial charge is 0.495 e. The van der Waals surface area contributed by atoms with Gasteiger partial charge in [0.05, 0.1) is 24.5 Å². The fourth-order valence-electron chi connectivity index (χ4n) is 9.59. The lowest BCUT2D eigenvalue weighted by atomic mass is 9.72. The summed E-state index contributed by atoms with van der Waals surface area (Å²) in [6, 6.07) is 20.2. The van der Waals surface area contributed by atoms with Gasteiger partial charge in [-0.1, -0.05) is 12.1 Å². The van der Waals surface area contributed by atoms with Gasteiger partial charge in [0.1, 0.15) is 34.4 Å². The fraction of sp³-hybridized carbons (Fsp3) is 0.457. The van der Waals surface area contributed by atoms with Gasteiger partial charge in [-0.3, -0.25) is 14.4 Å². The first-order valence-electron chi connectivity index (χ1n) is 21.2. The molecule has 3 aliphatic heterocycles. The monoisotopic (exact) mass is 824 g/mol. The Morgan fingerprint density at radius 3 is 2.42 bits per heavy atom. The number of hydrogen-bond acceptors (Lipinski definition) is 12. The second-order valence-electron chi connectivity index (χ2n) is 16.9. The van der Waals surface area contributed by atoms with Gasteiger partial charge in [-0.2, -0.15) is 5.26 Å². The van der Waals surface area contributed by atoms with E-state index in [-0.39, 0.29) is 29.5 Å². The first-order chi connectivity index (χ1) is 29.1. The van der Waals surface area contributed by atoms with Crippen molar-refractivity contribution in [3.05, 3.63) is 99.1 Å². The number of aromatic nitrogens is 5. The van der Waals surface area contributed by atoms with Gasteiger partial charge in [0.2, 0.25) is 0 Å². The van der Waals surface area contributed by atoms with Crippen LogP contribution in [0.5, 0.6) is 11.5 Å². The van der Waals surface area contributed by atoms with E-state index in [0.717, 1.165) is 98.4 Å². The zero-order chi connectivity index (χ0) is 41.5.